The average molecular weight is 728 g/mol. The summed E-state index contributed by atoms with van der Waals surface area (Å²) in [7, 11) is 0. The van der Waals surface area contributed by atoms with Crippen LogP contribution in [0.1, 0.15) is 0 Å². The molecule has 0 fully saturated rings. The maximum Gasteiger partial charge on any atom is 0.164 e. The lowest BCUT2D eigenvalue weighted by molar-refractivity contribution is 0.669. The molecule has 0 amide bonds. The summed E-state index contributed by atoms with van der Waals surface area (Å²) in [6, 6.07) is 70.0. The van der Waals surface area contributed by atoms with Crippen LogP contribution in [0.5, 0.6) is 0 Å². The first-order valence-electron chi connectivity index (χ1n) is 19.2. The lowest BCUT2D eigenvalue weighted by Gasteiger charge is -2.13. The van der Waals surface area contributed by atoms with Crippen LogP contribution >= 0.6 is 0 Å². The van der Waals surface area contributed by atoms with Crippen LogP contribution in [0.2, 0.25) is 0 Å². The summed E-state index contributed by atoms with van der Waals surface area (Å²) >= 11 is 0. The summed E-state index contributed by atoms with van der Waals surface area (Å²) in [4.78, 5) is 15.0. The third kappa shape index (κ3) is 5.92. The van der Waals surface area contributed by atoms with Crippen molar-refractivity contribution >= 4 is 43.5 Å². The lowest BCUT2D eigenvalue weighted by atomic mass is 9.94. The molecular formula is C53H33N3O. The van der Waals surface area contributed by atoms with Crippen molar-refractivity contribution in [3.8, 4) is 67.5 Å². The Balaban J connectivity index is 0.955. The van der Waals surface area contributed by atoms with E-state index in [-0.39, 0.29) is 0 Å². The maximum atomic E-state index is 6.51. The first-order chi connectivity index (χ1) is 28.2. The molecule has 0 unspecified atom stereocenters. The molecule has 2 heterocycles. The van der Waals surface area contributed by atoms with Crippen LogP contribution in [-0.4, -0.2) is 15.0 Å². The summed E-state index contributed by atoms with van der Waals surface area (Å²) in [5, 5.41) is 6.88. The van der Waals surface area contributed by atoms with Gasteiger partial charge in [0.1, 0.15) is 11.2 Å². The number of benzene rings is 9. The largest absolute Gasteiger partial charge is 0.456 e. The van der Waals surface area contributed by atoms with Gasteiger partial charge >= 0.3 is 0 Å². The third-order valence-corrected chi connectivity index (χ3v) is 10.9. The minimum atomic E-state index is 0.636. The summed E-state index contributed by atoms with van der Waals surface area (Å²) < 4.78 is 6.51. The number of hydrogen-bond acceptors (Lipinski definition) is 4. The highest BCUT2D eigenvalue weighted by Crippen LogP contribution is 2.39. The van der Waals surface area contributed by atoms with Crippen LogP contribution in [0.4, 0.5) is 0 Å². The number of rotatable bonds is 6. The third-order valence-electron chi connectivity index (χ3n) is 10.9. The van der Waals surface area contributed by atoms with E-state index >= 15 is 0 Å². The summed E-state index contributed by atoms with van der Waals surface area (Å²) in [5.74, 6) is 1.92. The van der Waals surface area contributed by atoms with E-state index in [1.54, 1.807) is 0 Å². The van der Waals surface area contributed by atoms with E-state index in [0.29, 0.717) is 17.5 Å². The Labute approximate surface area is 329 Å². The maximum absolute atomic E-state index is 6.51. The van der Waals surface area contributed by atoms with Gasteiger partial charge in [-0.3, -0.25) is 0 Å². The van der Waals surface area contributed by atoms with Gasteiger partial charge in [-0.05, 0) is 91.3 Å². The Hall–Kier alpha value is -7.69. The van der Waals surface area contributed by atoms with Crippen molar-refractivity contribution < 1.29 is 4.42 Å². The van der Waals surface area contributed by atoms with Gasteiger partial charge in [-0.2, -0.15) is 0 Å². The molecule has 11 aromatic rings. The van der Waals surface area contributed by atoms with E-state index in [2.05, 4.69) is 140 Å². The van der Waals surface area contributed by atoms with Crippen molar-refractivity contribution in [2.75, 3.05) is 0 Å². The predicted octanol–water partition coefficient (Wildman–Crippen LogP) is 14.1. The molecule has 0 saturated heterocycles. The minimum Gasteiger partial charge on any atom is -0.456 e. The van der Waals surface area contributed by atoms with Gasteiger partial charge in [0.05, 0.1) is 0 Å². The Morgan fingerprint density at radius 3 is 1.49 bits per heavy atom. The Morgan fingerprint density at radius 1 is 0.263 bits per heavy atom. The highest BCUT2D eigenvalue weighted by molar-refractivity contribution is 6.09. The standard InChI is InChI=1S/C53H33N3O/c1-3-12-37(13-4-1)51-54-52(38-14-5-2-6-15-38)56-53(55-51)47-29-28-43(44-17-9-10-18-45(44)47)42-25-27-46-48-32-41(26-30-49(48)57-50(46)33-42)36-21-19-35(20-22-36)40-24-23-34-11-7-8-16-39(34)31-40/h1-33H. The van der Waals surface area contributed by atoms with Crippen molar-refractivity contribution in [2.45, 2.75) is 0 Å². The van der Waals surface area contributed by atoms with Crippen molar-refractivity contribution in [1.29, 1.82) is 0 Å². The topological polar surface area (TPSA) is 51.8 Å². The van der Waals surface area contributed by atoms with Crippen LogP contribution in [0.15, 0.2) is 205 Å². The van der Waals surface area contributed by atoms with E-state index in [9.17, 15) is 0 Å². The van der Waals surface area contributed by atoms with E-state index < -0.39 is 0 Å². The normalized spacial score (nSPS) is 11.5. The molecule has 0 aliphatic carbocycles. The fourth-order valence-corrected chi connectivity index (χ4v) is 8.02. The second kappa shape index (κ2) is 13.6. The second-order valence-corrected chi connectivity index (χ2v) is 14.4. The molecule has 0 bridgehead atoms. The number of aromatic nitrogens is 3. The summed E-state index contributed by atoms with van der Waals surface area (Å²) in [6.45, 7) is 0. The predicted molar refractivity (Wildman–Crippen MR) is 235 cm³/mol. The van der Waals surface area contributed by atoms with E-state index in [1.807, 2.05) is 60.7 Å². The van der Waals surface area contributed by atoms with Gasteiger partial charge in [0.2, 0.25) is 0 Å². The van der Waals surface area contributed by atoms with E-state index in [4.69, 9.17) is 19.4 Å². The number of hydrogen-bond donors (Lipinski definition) is 0. The smallest absolute Gasteiger partial charge is 0.164 e. The zero-order valence-corrected chi connectivity index (χ0v) is 30.8. The van der Waals surface area contributed by atoms with Crippen LogP contribution in [0, 0.1) is 0 Å². The van der Waals surface area contributed by atoms with Gasteiger partial charge < -0.3 is 4.42 Å². The van der Waals surface area contributed by atoms with Crippen LogP contribution in [0.3, 0.4) is 0 Å². The molecule has 0 spiro atoms. The molecule has 0 aliphatic heterocycles. The fraction of sp³-hybridized carbons (Fsp3) is 0. The molecule has 0 aliphatic rings. The monoisotopic (exact) mass is 727 g/mol. The minimum absolute atomic E-state index is 0.636. The molecule has 266 valence electrons. The van der Waals surface area contributed by atoms with Crippen LogP contribution in [-0.2, 0) is 0 Å². The fourth-order valence-electron chi connectivity index (χ4n) is 8.02. The van der Waals surface area contributed by atoms with E-state index in [1.165, 1.54) is 27.5 Å². The zero-order chi connectivity index (χ0) is 37.7. The van der Waals surface area contributed by atoms with Gasteiger partial charge in [0.25, 0.3) is 0 Å². The number of nitrogens with zero attached hydrogens (tertiary/aromatic N) is 3. The van der Waals surface area contributed by atoms with Gasteiger partial charge in [-0.1, -0.05) is 164 Å². The highest BCUT2D eigenvalue weighted by atomic mass is 16.3. The molecule has 57 heavy (non-hydrogen) atoms. The molecular weight excluding hydrogens is 695 g/mol. The lowest BCUT2D eigenvalue weighted by Crippen LogP contribution is -2.00. The Bertz CT molecular complexity index is 3220. The van der Waals surface area contributed by atoms with Crippen LogP contribution < -0.4 is 0 Å². The van der Waals surface area contributed by atoms with Crippen molar-refractivity contribution in [1.82, 2.24) is 15.0 Å². The molecule has 0 N–H and O–H groups in total. The average Bonchev–Trinajstić information content (AvgIpc) is 3.66. The zero-order valence-electron chi connectivity index (χ0n) is 30.8. The van der Waals surface area contributed by atoms with Gasteiger partial charge in [0, 0.05) is 27.5 Å². The van der Waals surface area contributed by atoms with Gasteiger partial charge in [-0.15, -0.1) is 0 Å². The van der Waals surface area contributed by atoms with Gasteiger partial charge in [-0.25, -0.2) is 15.0 Å². The first kappa shape index (κ1) is 32.7. The van der Waals surface area contributed by atoms with Crippen molar-refractivity contribution in [3.05, 3.63) is 200 Å². The SMILES string of the molecule is c1ccc(-c2nc(-c3ccccc3)nc(-c3ccc(-c4ccc5c(c4)oc4ccc(-c6ccc(-c7ccc8ccccc8c7)cc6)cc45)c4ccccc34)n2)cc1. The Kier molecular flexibility index (Phi) is 7.78. The number of furan rings is 1. The highest BCUT2D eigenvalue weighted by Gasteiger charge is 2.17. The molecule has 4 nitrogen and oxygen atoms in total. The molecule has 2 aromatic heterocycles. The number of fused-ring (bicyclic) bond motifs is 5. The Morgan fingerprint density at radius 2 is 0.789 bits per heavy atom. The molecule has 0 radical (unpaired) electrons. The van der Waals surface area contributed by atoms with Crippen LogP contribution in [0.25, 0.3) is 111 Å². The first-order valence-corrected chi connectivity index (χ1v) is 19.2. The molecule has 0 atom stereocenters. The molecule has 9 aromatic carbocycles. The molecule has 0 saturated carbocycles. The quantitative estimate of drug-likeness (QED) is 0.171. The molecule has 4 heteroatoms. The second-order valence-electron chi connectivity index (χ2n) is 14.4. The van der Waals surface area contributed by atoms with E-state index in [0.717, 1.165) is 66.1 Å². The van der Waals surface area contributed by atoms with Crippen molar-refractivity contribution in [2.24, 2.45) is 0 Å². The summed E-state index contributed by atoms with van der Waals surface area (Å²) in [6.07, 6.45) is 0. The van der Waals surface area contributed by atoms with Crippen molar-refractivity contribution in [3.63, 3.8) is 0 Å². The summed E-state index contributed by atoms with van der Waals surface area (Å²) in [5.41, 5.74) is 11.5. The van der Waals surface area contributed by atoms with Gasteiger partial charge in [0.15, 0.2) is 17.5 Å². The molecule has 11 rings (SSSR count).